The second-order valence-corrected chi connectivity index (χ2v) is 14.5. The van der Waals surface area contributed by atoms with E-state index in [1.54, 1.807) is 20.0 Å². The van der Waals surface area contributed by atoms with E-state index in [-0.39, 0.29) is 30.2 Å². The van der Waals surface area contributed by atoms with Gasteiger partial charge in [-0.2, -0.15) is 9.97 Å². The molecule has 4 N–H and O–H groups in total. The molecule has 13 nitrogen and oxygen atoms in total. The fraction of sp³-hybridized carbons (Fsp3) is 0.419. The Hall–Kier alpha value is -3.90. The summed E-state index contributed by atoms with van der Waals surface area (Å²) >= 11 is 5.76. The van der Waals surface area contributed by atoms with Gasteiger partial charge in [0.25, 0.3) is 0 Å². The van der Waals surface area contributed by atoms with E-state index >= 15 is 4.39 Å². The predicted molar refractivity (Wildman–Crippen MR) is 180 cm³/mol. The summed E-state index contributed by atoms with van der Waals surface area (Å²) in [7, 11) is -0.977. The number of ether oxygens (including phenoxy) is 2. The Balaban J connectivity index is 1.39. The number of benzene rings is 2. The summed E-state index contributed by atoms with van der Waals surface area (Å²) in [6.07, 6.45) is 2.24. The number of fused-ring (bicyclic) bond motifs is 2. The Labute approximate surface area is 277 Å². The first-order chi connectivity index (χ1) is 22.3. The van der Waals surface area contributed by atoms with Crippen molar-refractivity contribution in [2.45, 2.75) is 57.8 Å². The number of terminal acetylenes is 1. The minimum Gasteiger partial charge on any atom is -0.464 e. The third-order valence-corrected chi connectivity index (χ3v) is 9.58. The molecule has 16 heteroatoms. The Morgan fingerprint density at radius 2 is 2.04 bits per heavy atom. The van der Waals surface area contributed by atoms with Gasteiger partial charge in [-0.25, -0.2) is 9.37 Å². The summed E-state index contributed by atoms with van der Waals surface area (Å²) in [5.74, 6) is 2.13. The molecule has 47 heavy (non-hydrogen) atoms. The molecule has 0 amide bonds. The second-order valence-electron chi connectivity index (χ2n) is 12.2. The summed E-state index contributed by atoms with van der Waals surface area (Å²) < 4.78 is 35.1. The SMILES string of the molecule is C#C[C@@]1(F)[C@H](O)[C@@H](CO[PH](=S)N(Oc2cccc3ccccc23)[C@@H](C)C(=O)OCC(C)(C)C)O[C@H]1n1cnc2c(NC)nc(N)nc21. The molecular formula is C31H37FN7O6PS. The lowest BCUT2D eigenvalue weighted by molar-refractivity contribution is -0.157. The van der Waals surface area contributed by atoms with Crippen molar-refractivity contribution in [1.82, 2.24) is 24.4 Å². The van der Waals surface area contributed by atoms with Gasteiger partial charge in [0.1, 0.15) is 18.2 Å². The molecule has 1 unspecified atom stereocenters. The summed E-state index contributed by atoms with van der Waals surface area (Å²) in [6, 6.07) is 12.1. The molecular weight excluding hydrogens is 648 g/mol. The van der Waals surface area contributed by atoms with Gasteiger partial charge in [-0.05, 0) is 23.8 Å². The van der Waals surface area contributed by atoms with E-state index in [9.17, 15) is 9.90 Å². The molecule has 3 heterocycles. The molecule has 1 aliphatic rings. The Morgan fingerprint density at radius 3 is 2.74 bits per heavy atom. The lowest BCUT2D eigenvalue weighted by Gasteiger charge is -2.30. The zero-order valence-corrected chi connectivity index (χ0v) is 28.3. The molecule has 5 rings (SSSR count). The Kier molecular flexibility index (Phi) is 10.0. The Bertz CT molecular complexity index is 1840. The minimum atomic E-state index is -2.71. The number of alkyl halides is 1. The number of aromatic nitrogens is 4. The predicted octanol–water partition coefficient (Wildman–Crippen LogP) is 4.00. The number of nitrogens with two attached hydrogens (primary N) is 1. The van der Waals surface area contributed by atoms with E-state index in [1.807, 2.05) is 63.1 Å². The number of nitrogen functional groups attached to an aromatic ring is 1. The van der Waals surface area contributed by atoms with Crippen LogP contribution in [0.15, 0.2) is 48.8 Å². The molecule has 0 spiro atoms. The van der Waals surface area contributed by atoms with Gasteiger partial charge in [0, 0.05) is 12.4 Å². The van der Waals surface area contributed by atoms with Crippen LogP contribution in [0.25, 0.3) is 21.9 Å². The van der Waals surface area contributed by atoms with Crippen molar-refractivity contribution in [2.75, 3.05) is 31.3 Å². The van der Waals surface area contributed by atoms with Crippen molar-refractivity contribution >= 4 is 58.6 Å². The highest BCUT2D eigenvalue weighted by atomic mass is 32.4. The van der Waals surface area contributed by atoms with Crippen molar-refractivity contribution in [3.05, 3.63) is 48.8 Å². The van der Waals surface area contributed by atoms with E-state index in [4.69, 9.17) is 42.8 Å². The van der Waals surface area contributed by atoms with Gasteiger partial charge in [0.2, 0.25) is 11.6 Å². The summed E-state index contributed by atoms with van der Waals surface area (Å²) in [5.41, 5.74) is 3.31. The van der Waals surface area contributed by atoms with Gasteiger partial charge < -0.3 is 35.0 Å². The average Bonchev–Trinajstić information content (AvgIpc) is 3.57. The molecule has 0 radical (unpaired) electrons. The van der Waals surface area contributed by atoms with Crippen molar-refractivity contribution in [2.24, 2.45) is 5.41 Å². The Morgan fingerprint density at radius 1 is 1.32 bits per heavy atom. The quantitative estimate of drug-likeness (QED) is 0.0901. The summed E-state index contributed by atoms with van der Waals surface area (Å²) in [4.78, 5) is 33.3. The van der Waals surface area contributed by atoms with Gasteiger partial charge in [-0.15, -0.1) is 6.42 Å². The van der Waals surface area contributed by atoms with Crippen LogP contribution < -0.4 is 15.9 Å². The van der Waals surface area contributed by atoms with E-state index in [1.165, 1.54) is 15.7 Å². The largest absolute Gasteiger partial charge is 0.464 e. The van der Waals surface area contributed by atoms with Crippen molar-refractivity contribution in [3.8, 4) is 18.1 Å². The third-order valence-electron chi connectivity index (χ3n) is 7.43. The summed E-state index contributed by atoms with van der Waals surface area (Å²) in [6.45, 7) is 7.20. The van der Waals surface area contributed by atoms with E-state index in [0.717, 1.165) is 10.8 Å². The maximum absolute atomic E-state index is 16.3. The number of anilines is 2. The minimum absolute atomic E-state index is 0.0908. The topological polar surface area (TPSA) is 159 Å². The lowest BCUT2D eigenvalue weighted by Crippen LogP contribution is -2.42. The molecule has 250 valence electrons. The van der Waals surface area contributed by atoms with Crippen LogP contribution in [0.4, 0.5) is 16.2 Å². The maximum atomic E-state index is 16.3. The number of nitrogens with one attached hydrogen (secondary N) is 1. The standard InChI is InChI=1S/C31H37FN7O6PS/c1-7-31(32)24(40)22(44-28(31)38-17-35-23-25(34-6)36-29(33)37-26(23)38)15-43-46(47)39(18(2)27(41)42-16-30(3,4)5)45-21-14-10-12-19-11-8-9-13-20(19)21/h1,8-14,17-18,22,24,28,40,46H,15-16H2,2-6H3,(H3,33,34,36,37)/t18-,22+,24+,28+,31+/m0/s1. The van der Waals surface area contributed by atoms with Gasteiger partial charge >= 0.3 is 5.97 Å². The van der Waals surface area contributed by atoms with Crippen LogP contribution in [0.5, 0.6) is 5.75 Å². The number of rotatable bonds is 11. The molecule has 4 aromatic rings. The first-order valence-corrected chi connectivity index (χ1v) is 17.2. The molecule has 0 aliphatic carbocycles. The van der Waals surface area contributed by atoms with Gasteiger partial charge in [0.15, 0.2) is 36.0 Å². The van der Waals surface area contributed by atoms with Crippen LogP contribution in [0, 0.1) is 17.8 Å². The van der Waals surface area contributed by atoms with Crippen LogP contribution >= 0.6 is 7.07 Å². The number of halogens is 1. The first-order valence-electron chi connectivity index (χ1n) is 14.7. The fourth-order valence-corrected chi connectivity index (χ4v) is 6.79. The molecule has 6 atom stereocenters. The summed E-state index contributed by atoms with van der Waals surface area (Å²) in [5, 5.41) is 15.6. The van der Waals surface area contributed by atoms with E-state index < -0.39 is 43.2 Å². The number of imidazole rings is 1. The number of esters is 1. The van der Waals surface area contributed by atoms with Crippen molar-refractivity contribution < 1.29 is 33.1 Å². The number of aliphatic hydroxyl groups is 1. The smallest absolute Gasteiger partial charge is 0.327 e. The average molecular weight is 686 g/mol. The van der Waals surface area contributed by atoms with Crippen LogP contribution in [0.3, 0.4) is 0 Å². The van der Waals surface area contributed by atoms with Crippen molar-refractivity contribution in [3.63, 3.8) is 0 Å². The number of hydrogen-bond acceptors (Lipinski definition) is 12. The maximum Gasteiger partial charge on any atom is 0.327 e. The molecule has 2 aromatic heterocycles. The van der Waals surface area contributed by atoms with Crippen LogP contribution in [-0.4, -0.2) is 79.6 Å². The number of hydroxylamine groups is 1. The second kappa shape index (κ2) is 13.7. The number of carbonyl (C=O) groups is 1. The van der Waals surface area contributed by atoms with Gasteiger partial charge in [-0.3, -0.25) is 9.36 Å². The molecule has 2 aromatic carbocycles. The zero-order chi connectivity index (χ0) is 34.1. The van der Waals surface area contributed by atoms with Crippen LogP contribution in [0.2, 0.25) is 0 Å². The van der Waals surface area contributed by atoms with Crippen LogP contribution in [0.1, 0.15) is 33.9 Å². The van der Waals surface area contributed by atoms with Gasteiger partial charge in [-0.1, -0.05) is 79.7 Å². The molecule has 0 saturated carbocycles. The van der Waals surface area contributed by atoms with E-state index in [0.29, 0.717) is 17.1 Å². The highest BCUT2D eigenvalue weighted by Crippen LogP contribution is 2.44. The zero-order valence-electron chi connectivity index (χ0n) is 26.5. The van der Waals surface area contributed by atoms with Crippen molar-refractivity contribution in [1.29, 1.82) is 0 Å². The molecule has 0 bridgehead atoms. The first kappa shape index (κ1) is 34.4. The molecule has 1 saturated heterocycles. The normalized spacial score (nSPS) is 22.7. The lowest BCUT2D eigenvalue weighted by atomic mass is 9.97. The number of carbonyl (C=O) groups excluding carboxylic acids is 1. The van der Waals surface area contributed by atoms with E-state index in [2.05, 4.69) is 20.3 Å². The highest BCUT2D eigenvalue weighted by Gasteiger charge is 2.58. The van der Waals surface area contributed by atoms with Gasteiger partial charge in [0.05, 0.1) is 19.5 Å². The highest BCUT2D eigenvalue weighted by molar-refractivity contribution is 8.01. The number of hydrogen-bond donors (Lipinski definition) is 3. The van der Waals surface area contributed by atoms with Crippen LogP contribution in [-0.2, 0) is 30.6 Å². The number of aliphatic hydroxyl groups excluding tert-OH is 1. The molecule has 1 aliphatic heterocycles. The fourth-order valence-electron chi connectivity index (χ4n) is 4.97. The monoisotopic (exact) mass is 685 g/mol. The number of nitrogens with zero attached hydrogens (tertiary/aromatic N) is 5. The third kappa shape index (κ3) is 7.03. The molecule has 1 fully saturated rings.